The van der Waals surface area contributed by atoms with Gasteiger partial charge in [0.15, 0.2) is 0 Å². The third kappa shape index (κ3) is 1.77. The quantitative estimate of drug-likeness (QED) is 0.800. The Balaban J connectivity index is 3.37. The maximum absolute atomic E-state index is 10.7. The van der Waals surface area contributed by atoms with Gasteiger partial charge >= 0.3 is 5.97 Å². The number of rotatable bonds is 1. The lowest BCUT2D eigenvalue weighted by Crippen LogP contribution is -2.01. The zero-order valence-electron chi connectivity index (χ0n) is 6.89. The van der Waals surface area contributed by atoms with Gasteiger partial charge in [-0.3, -0.25) is 0 Å². The average molecular weight is 276 g/mol. The van der Waals surface area contributed by atoms with E-state index >= 15 is 0 Å². The summed E-state index contributed by atoms with van der Waals surface area (Å²) in [5.41, 5.74) is 2.41. The van der Waals surface area contributed by atoms with Crippen molar-refractivity contribution < 1.29 is 9.90 Å². The number of carboxylic acids is 1. The number of carbonyl (C=O) groups is 1. The second-order valence-electron chi connectivity index (χ2n) is 2.75. The van der Waals surface area contributed by atoms with Crippen LogP contribution in [0.2, 0.25) is 0 Å². The van der Waals surface area contributed by atoms with E-state index in [0.29, 0.717) is 5.56 Å². The molecule has 1 N–H and O–H groups in total. The first-order chi connectivity index (χ1) is 5.52. The maximum Gasteiger partial charge on any atom is 0.336 e. The number of aryl methyl sites for hydroxylation is 2. The molecule has 0 heterocycles. The van der Waals surface area contributed by atoms with Crippen LogP contribution in [0.4, 0.5) is 0 Å². The van der Waals surface area contributed by atoms with E-state index in [1.807, 2.05) is 19.9 Å². The van der Waals surface area contributed by atoms with Gasteiger partial charge in [-0.2, -0.15) is 0 Å². The zero-order chi connectivity index (χ0) is 9.30. The summed E-state index contributed by atoms with van der Waals surface area (Å²) in [4.78, 5) is 10.7. The van der Waals surface area contributed by atoms with Crippen molar-refractivity contribution in [1.29, 1.82) is 0 Å². The van der Waals surface area contributed by atoms with Gasteiger partial charge in [-0.1, -0.05) is 6.07 Å². The molecule has 0 aliphatic carbocycles. The smallest absolute Gasteiger partial charge is 0.336 e. The molecular weight excluding hydrogens is 267 g/mol. The predicted molar refractivity (Wildman–Crippen MR) is 55.6 cm³/mol. The molecule has 0 amide bonds. The van der Waals surface area contributed by atoms with Crippen molar-refractivity contribution in [3.8, 4) is 0 Å². The molecule has 0 fully saturated rings. The summed E-state index contributed by atoms with van der Waals surface area (Å²) >= 11 is 2.06. The number of carboxylic acid groups (broad SMARTS) is 1. The lowest BCUT2D eigenvalue weighted by molar-refractivity contribution is 0.0695. The molecule has 64 valence electrons. The van der Waals surface area contributed by atoms with Gasteiger partial charge in [0.05, 0.1) is 5.56 Å². The molecule has 0 aromatic heterocycles. The number of aromatic carboxylic acids is 1. The number of benzene rings is 1. The summed E-state index contributed by atoms with van der Waals surface area (Å²) < 4.78 is 0.825. The van der Waals surface area contributed by atoms with E-state index in [9.17, 15) is 4.79 Å². The largest absolute Gasteiger partial charge is 0.478 e. The fourth-order valence-corrected chi connectivity index (χ4v) is 1.65. The van der Waals surface area contributed by atoms with Crippen LogP contribution >= 0.6 is 22.6 Å². The third-order valence-electron chi connectivity index (χ3n) is 1.63. The average Bonchev–Trinajstić information content (AvgIpc) is 1.96. The van der Waals surface area contributed by atoms with Crippen LogP contribution in [0, 0.1) is 17.4 Å². The van der Waals surface area contributed by atoms with E-state index < -0.39 is 5.97 Å². The second kappa shape index (κ2) is 3.43. The van der Waals surface area contributed by atoms with Gasteiger partial charge in [0.25, 0.3) is 0 Å². The monoisotopic (exact) mass is 276 g/mol. The van der Waals surface area contributed by atoms with Crippen LogP contribution in [0.1, 0.15) is 21.5 Å². The second-order valence-corrected chi connectivity index (χ2v) is 3.83. The highest BCUT2D eigenvalue weighted by Gasteiger charge is 2.09. The Hall–Kier alpha value is -0.580. The van der Waals surface area contributed by atoms with Gasteiger partial charge in [0, 0.05) is 3.57 Å². The van der Waals surface area contributed by atoms with Crippen LogP contribution in [-0.4, -0.2) is 11.1 Å². The number of halogens is 1. The van der Waals surface area contributed by atoms with Gasteiger partial charge in [0.1, 0.15) is 0 Å². The summed E-state index contributed by atoms with van der Waals surface area (Å²) in [5.74, 6) is -0.855. The molecule has 0 atom stereocenters. The molecule has 1 aromatic carbocycles. The molecule has 1 rings (SSSR count). The fraction of sp³-hybridized carbons (Fsp3) is 0.222. The first kappa shape index (κ1) is 9.51. The van der Waals surface area contributed by atoms with E-state index in [4.69, 9.17) is 5.11 Å². The molecule has 1 aromatic rings. The lowest BCUT2D eigenvalue weighted by Gasteiger charge is -2.04. The topological polar surface area (TPSA) is 37.3 Å². The van der Waals surface area contributed by atoms with Gasteiger partial charge < -0.3 is 5.11 Å². The third-order valence-corrected chi connectivity index (χ3v) is 3.06. The van der Waals surface area contributed by atoms with E-state index in [1.54, 1.807) is 6.07 Å². The van der Waals surface area contributed by atoms with Crippen LogP contribution in [0.3, 0.4) is 0 Å². The highest BCUT2D eigenvalue weighted by Crippen LogP contribution is 2.18. The molecule has 0 saturated heterocycles. The van der Waals surface area contributed by atoms with Crippen LogP contribution in [0.25, 0.3) is 0 Å². The first-order valence-corrected chi connectivity index (χ1v) is 4.60. The van der Waals surface area contributed by atoms with Crippen molar-refractivity contribution in [3.63, 3.8) is 0 Å². The van der Waals surface area contributed by atoms with Crippen LogP contribution in [0.5, 0.6) is 0 Å². The minimum Gasteiger partial charge on any atom is -0.478 e. The number of hydrogen-bond acceptors (Lipinski definition) is 1. The van der Waals surface area contributed by atoms with Crippen LogP contribution in [0.15, 0.2) is 12.1 Å². The normalized spacial score (nSPS) is 9.92. The minimum atomic E-state index is -0.855. The summed E-state index contributed by atoms with van der Waals surface area (Å²) in [6.45, 7) is 3.82. The highest BCUT2D eigenvalue weighted by atomic mass is 127. The molecule has 0 aliphatic heterocycles. The van der Waals surface area contributed by atoms with Crippen LogP contribution < -0.4 is 0 Å². The zero-order valence-corrected chi connectivity index (χ0v) is 9.05. The van der Waals surface area contributed by atoms with Crippen molar-refractivity contribution in [2.24, 2.45) is 0 Å². The Bertz CT molecular complexity index is 332. The van der Waals surface area contributed by atoms with Crippen molar-refractivity contribution >= 4 is 28.6 Å². The molecule has 0 unspecified atom stereocenters. The van der Waals surface area contributed by atoms with Crippen molar-refractivity contribution in [2.45, 2.75) is 13.8 Å². The summed E-state index contributed by atoms with van der Waals surface area (Å²) in [6, 6.07) is 3.67. The molecule has 12 heavy (non-hydrogen) atoms. The van der Waals surface area contributed by atoms with Crippen molar-refractivity contribution in [2.75, 3.05) is 0 Å². The molecule has 0 aliphatic rings. The molecule has 0 bridgehead atoms. The van der Waals surface area contributed by atoms with E-state index in [-0.39, 0.29) is 0 Å². The Morgan fingerprint density at radius 3 is 2.50 bits per heavy atom. The minimum absolute atomic E-state index is 0.396. The summed E-state index contributed by atoms with van der Waals surface area (Å²) in [6.07, 6.45) is 0. The molecule has 0 radical (unpaired) electrons. The molecule has 0 spiro atoms. The maximum atomic E-state index is 10.7. The Kier molecular flexibility index (Phi) is 2.72. The van der Waals surface area contributed by atoms with E-state index in [1.165, 1.54) is 0 Å². The van der Waals surface area contributed by atoms with E-state index in [2.05, 4.69) is 22.6 Å². The Morgan fingerprint density at radius 1 is 1.42 bits per heavy atom. The van der Waals surface area contributed by atoms with Gasteiger partial charge in [-0.15, -0.1) is 0 Å². The van der Waals surface area contributed by atoms with Crippen molar-refractivity contribution in [1.82, 2.24) is 0 Å². The SMILES string of the molecule is Cc1cc(C)c(I)c(C(=O)O)c1. The number of hydrogen-bond donors (Lipinski definition) is 1. The molecule has 2 nitrogen and oxygen atoms in total. The van der Waals surface area contributed by atoms with E-state index in [0.717, 1.165) is 14.7 Å². The first-order valence-electron chi connectivity index (χ1n) is 3.52. The Morgan fingerprint density at radius 2 is 2.00 bits per heavy atom. The van der Waals surface area contributed by atoms with Gasteiger partial charge in [-0.05, 0) is 53.6 Å². The lowest BCUT2D eigenvalue weighted by atomic mass is 10.1. The summed E-state index contributed by atoms with van der Waals surface area (Å²) in [7, 11) is 0. The molecular formula is C9H9IO2. The van der Waals surface area contributed by atoms with Crippen LogP contribution in [-0.2, 0) is 0 Å². The molecule has 3 heteroatoms. The van der Waals surface area contributed by atoms with Gasteiger partial charge in [0.2, 0.25) is 0 Å². The van der Waals surface area contributed by atoms with Crippen molar-refractivity contribution in [3.05, 3.63) is 32.4 Å². The standard InChI is InChI=1S/C9H9IO2/c1-5-3-6(2)8(10)7(4-5)9(11)12/h3-4H,1-2H3,(H,11,12). The van der Waals surface area contributed by atoms with Gasteiger partial charge in [-0.25, -0.2) is 4.79 Å². The Labute approximate surface area is 84.7 Å². The summed E-state index contributed by atoms with van der Waals surface area (Å²) in [5, 5.41) is 8.81. The highest BCUT2D eigenvalue weighted by molar-refractivity contribution is 14.1. The molecule has 0 saturated carbocycles. The fourth-order valence-electron chi connectivity index (χ4n) is 1.11. The predicted octanol–water partition coefficient (Wildman–Crippen LogP) is 2.61.